The molecule has 2 aliphatic rings. The monoisotopic (exact) mass is 239 g/mol. The third kappa shape index (κ3) is 3.44. The topological polar surface area (TPSA) is 52.3 Å². The summed E-state index contributed by atoms with van der Waals surface area (Å²) < 4.78 is 5.60. The van der Waals surface area contributed by atoms with Crippen molar-refractivity contribution in [3.63, 3.8) is 0 Å². The number of rotatable bonds is 3. The van der Waals surface area contributed by atoms with E-state index in [0.29, 0.717) is 11.8 Å². The predicted molar refractivity (Wildman–Crippen MR) is 67.4 cm³/mol. The molecule has 0 spiro atoms. The van der Waals surface area contributed by atoms with E-state index >= 15 is 0 Å². The van der Waals surface area contributed by atoms with Crippen molar-refractivity contribution in [1.29, 1.82) is 0 Å². The van der Waals surface area contributed by atoms with Crippen LogP contribution in [-0.2, 0) is 9.53 Å². The van der Waals surface area contributed by atoms with Gasteiger partial charge >= 0.3 is 5.97 Å². The molecule has 0 aromatic heterocycles. The standard InChI is InChI=1S/C14H25NO2/c1-9-6-11(8-14(2,3)7-9)17-13(16)12(15)10-4-5-10/h9-12H,4-8,15H2,1-3H3. The summed E-state index contributed by atoms with van der Waals surface area (Å²) in [4.78, 5) is 11.9. The third-order valence-corrected chi connectivity index (χ3v) is 4.03. The number of carbonyl (C=O) groups excluding carboxylic acids is 1. The molecule has 2 N–H and O–H groups in total. The summed E-state index contributed by atoms with van der Waals surface area (Å²) in [5.41, 5.74) is 6.15. The minimum absolute atomic E-state index is 0.0750. The van der Waals surface area contributed by atoms with Gasteiger partial charge in [0.25, 0.3) is 0 Å². The van der Waals surface area contributed by atoms with Gasteiger partial charge < -0.3 is 10.5 Å². The van der Waals surface area contributed by atoms with Gasteiger partial charge in [-0.2, -0.15) is 0 Å². The Morgan fingerprint density at radius 2 is 2.00 bits per heavy atom. The molecular formula is C14H25NO2. The number of ether oxygens (including phenoxy) is 1. The quantitative estimate of drug-likeness (QED) is 0.770. The molecule has 98 valence electrons. The van der Waals surface area contributed by atoms with Gasteiger partial charge in [-0.05, 0) is 49.4 Å². The summed E-state index contributed by atoms with van der Waals surface area (Å²) in [6.07, 6.45) is 5.43. The fourth-order valence-electron chi connectivity index (χ4n) is 3.24. The number of hydrogen-bond donors (Lipinski definition) is 1. The van der Waals surface area contributed by atoms with Crippen molar-refractivity contribution in [2.75, 3.05) is 0 Å². The maximum absolute atomic E-state index is 11.9. The van der Waals surface area contributed by atoms with Crippen molar-refractivity contribution in [1.82, 2.24) is 0 Å². The fraction of sp³-hybridized carbons (Fsp3) is 0.929. The Labute approximate surface area is 104 Å². The zero-order valence-corrected chi connectivity index (χ0v) is 11.2. The van der Waals surface area contributed by atoms with Crippen LogP contribution in [0.3, 0.4) is 0 Å². The average molecular weight is 239 g/mol. The van der Waals surface area contributed by atoms with Crippen LogP contribution in [0.15, 0.2) is 0 Å². The van der Waals surface area contributed by atoms with Crippen LogP contribution >= 0.6 is 0 Å². The number of nitrogens with two attached hydrogens (primary N) is 1. The lowest BCUT2D eigenvalue weighted by molar-refractivity contribution is -0.155. The van der Waals surface area contributed by atoms with Crippen LogP contribution in [0.2, 0.25) is 0 Å². The first-order valence-corrected chi connectivity index (χ1v) is 6.83. The average Bonchev–Trinajstić information content (AvgIpc) is 2.95. The molecule has 2 saturated carbocycles. The molecule has 0 bridgehead atoms. The second-order valence-electron chi connectivity index (χ2n) is 6.84. The van der Waals surface area contributed by atoms with Gasteiger partial charge in [0, 0.05) is 0 Å². The Morgan fingerprint density at radius 3 is 2.53 bits per heavy atom. The van der Waals surface area contributed by atoms with Crippen molar-refractivity contribution < 1.29 is 9.53 Å². The molecular weight excluding hydrogens is 214 g/mol. The van der Waals surface area contributed by atoms with Crippen molar-refractivity contribution in [2.45, 2.75) is 65.0 Å². The largest absolute Gasteiger partial charge is 0.461 e. The van der Waals surface area contributed by atoms with Gasteiger partial charge in [-0.3, -0.25) is 4.79 Å². The SMILES string of the molecule is CC1CC(OC(=O)C(N)C2CC2)CC(C)(C)C1. The van der Waals surface area contributed by atoms with Crippen LogP contribution in [0, 0.1) is 17.3 Å². The molecule has 17 heavy (non-hydrogen) atoms. The lowest BCUT2D eigenvalue weighted by Crippen LogP contribution is -2.40. The lowest BCUT2D eigenvalue weighted by Gasteiger charge is -2.38. The van der Waals surface area contributed by atoms with Crippen molar-refractivity contribution in [3.05, 3.63) is 0 Å². The van der Waals surface area contributed by atoms with E-state index in [0.717, 1.165) is 25.7 Å². The molecule has 3 nitrogen and oxygen atoms in total. The highest BCUT2D eigenvalue weighted by Crippen LogP contribution is 2.40. The van der Waals surface area contributed by atoms with Gasteiger partial charge in [0.05, 0.1) is 0 Å². The smallest absolute Gasteiger partial charge is 0.323 e. The van der Waals surface area contributed by atoms with E-state index in [-0.39, 0.29) is 23.5 Å². The molecule has 2 fully saturated rings. The summed E-state index contributed by atoms with van der Waals surface area (Å²) in [5.74, 6) is 0.840. The molecule has 2 rings (SSSR count). The van der Waals surface area contributed by atoms with E-state index in [1.807, 2.05) is 0 Å². The highest BCUT2D eigenvalue weighted by Gasteiger charge is 2.38. The van der Waals surface area contributed by atoms with Gasteiger partial charge in [-0.1, -0.05) is 20.8 Å². The first kappa shape index (κ1) is 12.9. The number of esters is 1. The zero-order valence-electron chi connectivity index (χ0n) is 11.2. The van der Waals surface area contributed by atoms with Crippen LogP contribution in [-0.4, -0.2) is 18.1 Å². The van der Waals surface area contributed by atoms with Crippen LogP contribution in [0.1, 0.15) is 52.9 Å². The minimum Gasteiger partial charge on any atom is -0.461 e. The molecule has 2 aliphatic carbocycles. The van der Waals surface area contributed by atoms with Crippen LogP contribution < -0.4 is 5.73 Å². The molecule has 0 saturated heterocycles. The molecule has 3 atom stereocenters. The number of carbonyl (C=O) groups is 1. The molecule has 0 aliphatic heterocycles. The molecule has 3 heteroatoms. The second-order valence-corrected chi connectivity index (χ2v) is 6.84. The van der Waals surface area contributed by atoms with Gasteiger partial charge in [-0.15, -0.1) is 0 Å². The highest BCUT2D eigenvalue weighted by molar-refractivity contribution is 5.76. The van der Waals surface area contributed by atoms with E-state index in [1.54, 1.807) is 0 Å². The molecule has 0 aromatic carbocycles. The second kappa shape index (κ2) is 4.60. The van der Waals surface area contributed by atoms with Gasteiger partial charge in [0.1, 0.15) is 12.1 Å². The Hall–Kier alpha value is -0.570. The molecule has 0 aromatic rings. The summed E-state index contributed by atoms with van der Waals surface area (Å²) >= 11 is 0. The van der Waals surface area contributed by atoms with E-state index in [2.05, 4.69) is 20.8 Å². The van der Waals surface area contributed by atoms with Crippen molar-refractivity contribution >= 4 is 5.97 Å². The lowest BCUT2D eigenvalue weighted by atomic mass is 9.71. The Kier molecular flexibility index (Phi) is 3.48. The van der Waals surface area contributed by atoms with E-state index in [9.17, 15) is 4.79 Å². The summed E-state index contributed by atoms with van der Waals surface area (Å²) in [5, 5.41) is 0. The number of hydrogen-bond acceptors (Lipinski definition) is 3. The molecule has 0 heterocycles. The van der Waals surface area contributed by atoms with Gasteiger partial charge in [0.15, 0.2) is 0 Å². The third-order valence-electron chi connectivity index (χ3n) is 4.03. The van der Waals surface area contributed by atoms with Crippen LogP contribution in [0.25, 0.3) is 0 Å². The maximum atomic E-state index is 11.9. The van der Waals surface area contributed by atoms with Crippen LogP contribution in [0.4, 0.5) is 0 Å². The maximum Gasteiger partial charge on any atom is 0.323 e. The first-order chi connectivity index (χ1) is 7.87. The van der Waals surface area contributed by atoms with E-state index < -0.39 is 0 Å². The van der Waals surface area contributed by atoms with Crippen molar-refractivity contribution in [2.24, 2.45) is 23.0 Å². The Balaban J connectivity index is 1.87. The van der Waals surface area contributed by atoms with E-state index in [1.165, 1.54) is 6.42 Å². The zero-order chi connectivity index (χ0) is 12.6. The summed E-state index contributed by atoms with van der Waals surface area (Å²) in [7, 11) is 0. The first-order valence-electron chi connectivity index (χ1n) is 6.83. The normalized spacial score (nSPS) is 34.1. The van der Waals surface area contributed by atoms with Crippen LogP contribution in [0.5, 0.6) is 0 Å². The minimum atomic E-state index is -0.379. The van der Waals surface area contributed by atoms with Gasteiger partial charge in [0.2, 0.25) is 0 Å². The highest BCUT2D eigenvalue weighted by atomic mass is 16.5. The Bertz CT molecular complexity index is 297. The summed E-state index contributed by atoms with van der Waals surface area (Å²) in [6.45, 7) is 6.75. The van der Waals surface area contributed by atoms with Gasteiger partial charge in [-0.25, -0.2) is 0 Å². The summed E-state index contributed by atoms with van der Waals surface area (Å²) in [6, 6.07) is -0.379. The predicted octanol–water partition coefficient (Wildman–Crippen LogP) is 2.48. The van der Waals surface area contributed by atoms with Crippen molar-refractivity contribution in [3.8, 4) is 0 Å². The fourth-order valence-corrected chi connectivity index (χ4v) is 3.24. The molecule has 0 amide bonds. The van der Waals surface area contributed by atoms with E-state index in [4.69, 9.17) is 10.5 Å². The molecule has 3 unspecified atom stereocenters. The molecule has 0 radical (unpaired) electrons. The Morgan fingerprint density at radius 1 is 1.35 bits per heavy atom.